The van der Waals surface area contributed by atoms with Crippen molar-refractivity contribution >= 4 is 17.5 Å². The fourth-order valence-corrected chi connectivity index (χ4v) is 6.00. The fraction of sp³-hybridized carbons (Fsp3) is 0.515. The number of nitrogens with zero attached hydrogens (tertiary/aromatic N) is 4. The number of hydrogen-bond acceptors (Lipinski definition) is 8. The van der Waals surface area contributed by atoms with Crippen LogP contribution in [0.4, 0.5) is 5.69 Å². The van der Waals surface area contributed by atoms with E-state index in [0.717, 1.165) is 54.5 Å². The highest BCUT2D eigenvalue weighted by Gasteiger charge is 2.25. The second kappa shape index (κ2) is 15.7. The van der Waals surface area contributed by atoms with Crippen LogP contribution < -0.4 is 15.4 Å². The smallest absolute Gasteiger partial charge is 0.262 e. The summed E-state index contributed by atoms with van der Waals surface area (Å²) in [6.45, 7) is 2.92. The average Bonchev–Trinajstić information content (AvgIpc) is 3.29. The van der Waals surface area contributed by atoms with Crippen LogP contribution in [-0.2, 0) is 34.2 Å². The zero-order valence-electron chi connectivity index (χ0n) is 25.6. The number of amides is 2. The quantitative estimate of drug-likeness (QED) is 0.144. The molecule has 2 heterocycles. The molecule has 11 nitrogen and oxygen atoms in total. The highest BCUT2D eigenvalue weighted by molar-refractivity contribution is 5.97. The third kappa shape index (κ3) is 8.57. The summed E-state index contributed by atoms with van der Waals surface area (Å²) in [5, 5.41) is 24.5. The molecule has 1 saturated carbocycles. The molecule has 2 aromatic carbocycles. The standard InChI is InChI=1S/C33H44N6O5/c1-38-22-28(36-37-38)26-8-6-7-24(21-26)14-19-43-20-15-31(42)39(27-9-4-2-3-5-10-27)18-17-34-16-13-25-11-12-29(40)32-33(25)44-23-30(41)35-32/h6-8,11-12,21-22,27,34,40H,2-5,9-10,13-20,23H2,1H3,(H,35,41). The molecule has 0 atom stereocenters. The van der Waals surface area contributed by atoms with Gasteiger partial charge in [0.1, 0.15) is 17.1 Å². The Morgan fingerprint density at radius 2 is 1.98 bits per heavy atom. The normalized spacial score (nSPS) is 15.2. The Morgan fingerprint density at radius 1 is 1.14 bits per heavy atom. The molecule has 236 valence electrons. The van der Waals surface area contributed by atoms with Crippen LogP contribution in [0, 0.1) is 0 Å². The summed E-state index contributed by atoms with van der Waals surface area (Å²) < 4.78 is 13.2. The highest BCUT2D eigenvalue weighted by atomic mass is 16.5. The maximum Gasteiger partial charge on any atom is 0.262 e. The van der Waals surface area contributed by atoms with Crippen molar-refractivity contribution in [1.29, 1.82) is 0 Å². The number of rotatable bonds is 14. The van der Waals surface area contributed by atoms with E-state index < -0.39 is 0 Å². The largest absolute Gasteiger partial charge is 0.506 e. The summed E-state index contributed by atoms with van der Waals surface area (Å²) >= 11 is 0. The summed E-state index contributed by atoms with van der Waals surface area (Å²) in [6.07, 6.45) is 10.6. The lowest BCUT2D eigenvalue weighted by atomic mass is 10.1. The van der Waals surface area contributed by atoms with Gasteiger partial charge in [0.25, 0.3) is 5.91 Å². The molecule has 44 heavy (non-hydrogen) atoms. The van der Waals surface area contributed by atoms with Gasteiger partial charge < -0.3 is 30.1 Å². The van der Waals surface area contributed by atoms with Crippen molar-refractivity contribution in [3.63, 3.8) is 0 Å². The van der Waals surface area contributed by atoms with Crippen molar-refractivity contribution in [3.8, 4) is 22.8 Å². The molecule has 1 fully saturated rings. The molecule has 1 aliphatic heterocycles. The SMILES string of the molecule is Cn1cc(-c2cccc(CCOCCC(=O)N(CCNCCc3ccc(O)c4c3OCC(=O)N4)C3CCCCCC3)c2)nn1. The van der Waals surface area contributed by atoms with Gasteiger partial charge in [-0.2, -0.15) is 0 Å². The Morgan fingerprint density at radius 3 is 2.77 bits per heavy atom. The minimum absolute atomic E-state index is 0.00104. The molecule has 11 heteroatoms. The molecule has 0 unspecified atom stereocenters. The summed E-state index contributed by atoms with van der Waals surface area (Å²) in [4.78, 5) is 27.2. The van der Waals surface area contributed by atoms with Crippen LogP contribution in [0.25, 0.3) is 11.3 Å². The molecule has 2 amide bonds. The Hall–Kier alpha value is -3.96. The number of nitrogens with one attached hydrogen (secondary N) is 2. The minimum Gasteiger partial charge on any atom is -0.506 e. The first-order valence-electron chi connectivity index (χ1n) is 15.8. The van der Waals surface area contributed by atoms with E-state index in [1.807, 2.05) is 31.4 Å². The van der Waals surface area contributed by atoms with E-state index in [9.17, 15) is 14.7 Å². The number of carbonyl (C=O) groups is 2. The van der Waals surface area contributed by atoms with Crippen LogP contribution in [0.15, 0.2) is 42.6 Å². The molecule has 0 spiro atoms. The third-order valence-corrected chi connectivity index (χ3v) is 8.34. The van der Waals surface area contributed by atoms with Crippen LogP contribution in [0.5, 0.6) is 11.5 Å². The topological polar surface area (TPSA) is 131 Å². The van der Waals surface area contributed by atoms with Gasteiger partial charge in [0, 0.05) is 31.7 Å². The van der Waals surface area contributed by atoms with Crippen LogP contribution in [0.1, 0.15) is 56.1 Å². The molecular weight excluding hydrogens is 560 g/mol. The minimum atomic E-state index is -0.277. The lowest BCUT2D eigenvalue weighted by Gasteiger charge is -2.31. The summed E-state index contributed by atoms with van der Waals surface area (Å²) in [5.41, 5.74) is 4.29. The van der Waals surface area contributed by atoms with Crippen molar-refractivity contribution in [2.75, 3.05) is 44.8 Å². The molecule has 3 aromatic rings. The maximum absolute atomic E-state index is 13.4. The second-order valence-corrected chi connectivity index (χ2v) is 11.6. The molecule has 5 rings (SSSR count). The Bertz CT molecular complexity index is 1400. The van der Waals surface area contributed by atoms with Crippen molar-refractivity contribution in [2.45, 2.75) is 63.8 Å². The van der Waals surface area contributed by atoms with E-state index in [0.29, 0.717) is 57.1 Å². The number of phenolic OH excluding ortho intramolecular Hbond substituents is 1. The Kier molecular flexibility index (Phi) is 11.2. The average molecular weight is 605 g/mol. The van der Waals surface area contributed by atoms with Gasteiger partial charge in [-0.1, -0.05) is 55.2 Å². The number of anilines is 1. The van der Waals surface area contributed by atoms with E-state index in [4.69, 9.17) is 9.47 Å². The number of hydrogen-bond donors (Lipinski definition) is 3. The van der Waals surface area contributed by atoms with Crippen LogP contribution >= 0.6 is 0 Å². The molecule has 2 aliphatic rings. The predicted molar refractivity (Wildman–Crippen MR) is 168 cm³/mol. The first-order valence-corrected chi connectivity index (χ1v) is 15.8. The van der Waals surface area contributed by atoms with Crippen LogP contribution in [-0.4, -0.2) is 82.3 Å². The van der Waals surface area contributed by atoms with Crippen molar-refractivity contribution in [3.05, 3.63) is 53.7 Å². The molecule has 1 aromatic heterocycles. The van der Waals surface area contributed by atoms with Crippen molar-refractivity contribution in [1.82, 2.24) is 25.2 Å². The van der Waals surface area contributed by atoms with Gasteiger partial charge in [-0.05, 0) is 55.5 Å². The zero-order valence-corrected chi connectivity index (χ0v) is 25.6. The molecule has 0 bridgehead atoms. The van der Waals surface area contributed by atoms with E-state index in [2.05, 4.69) is 38.0 Å². The Labute approximate surface area is 258 Å². The van der Waals surface area contributed by atoms with E-state index in [-0.39, 0.29) is 30.2 Å². The summed E-state index contributed by atoms with van der Waals surface area (Å²) in [5.74, 6) is 0.403. The molecule has 0 saturated heterocycles. The first kappa shape index (κ1) is 31.5. The number of aromatic nitrogens is 3. The van der Waals surface area contributed by atoms with Gasteiger partial charge in [-0.15, -0.1) is 5.10 Å². The number of phenols is 1. The highest BCUT2D eigenvalue weighted by Crippen LogP contribution is 2.39. The summed E-state index contributed by atoms with van der Waals surface area (Å²) in [6, 6.07) is 11.9. The number of ether oxygens (including phenoxy) is 2. The van der Waals surface area contributed by atoms with E-state index in [1.165, 1.54) is 12.8 Å². The molecule has 0 radical (unpaired) electrons. The number of aromatic hydroxyl groups is 1. The number of aryl methyl sites for hydroxylation is 1. The maximum atomic E-state index is 13.4. The van der Waals surface area contributed by atoms with Crippen LogP contribution in [0.2, 0.25) is 0 Å². The van der Waals surface area contributed by atoms with E-state index in [1.54, 1.807) is 10.7 Å². The monoisotopic (exact) mass is 604 g/mol. The lowest BCUT2D eigenvalue weighted by molar-refractivity contribution is -0.135. The van der Waals surface area contributed by atoms with Crippen molar-refractivity contribution in [2.24, 2.45) is 7.05 Å². The lowest BCUT2D eigenvalue weighted by Crippen LogP contribution is -2.44. The second-order valence-electron chi connectivity index (χ2n) is 11.6. The van der Waals surface area contributed by atoms with Gasteiger partial charge in [-0.25, -0.2) is 0 Å². The predicted octanol–water partition coefficient (Wildman–Crippen LogP) is 3.85. The molecule has 3 N–H and O–H groups in total. The Balaban J connectivity index is 1.07. The number of benzene rings is 2. The van der Waals surface area contributed by atoms with Crippen molar-refractivity contribution < 1.29 is 24.2 Å². The van der Waals surface area contributed by atoms with Gasteiger partial charge in [0.15, 0.2) is 12.4 Å². The van der Waals surface area contributed by atoms with Gasteiger partial charge >= 0.3 is 0 Å². The van der Waals surface area contributed by atoms with Crippen LogP contribution in [0.3, 0.4) is 0 Å². The summed E-state index contributed by atoms with van der Waals surface area (Å²) in [7, 11) is 1.85. The fourth-order valence-electron chi connectivity index (χ4n) is 6.00. The third-order valence-electron chi connectivity index (χ3n) is 8.34. The molecular formula is C33H44N6O5. The van der Waals surface area contributed by atoms with Gasteiger partial charge in [0.05, 0.1) is 25.8 Å². The number of carbonyl (C=O) groups excluding carboxylic acids is 2. The number of fused-ring (bicyclic) bond motifs is 1. The zero-order chi connectivity index (χ0) is 30.7. The van der Waals surface area contributed by atoms with Gasteiger partial charge in [0.2, 0.25) is 5.91 Å². The van der Waals surface area contributed by atoms with E-state index >= 15 is 0 Å². The molecule has 1 aliphatic carbocycles. The first-order chi connectivity index (χ1) is 21.5. The van der Waals surface area contributed by atoms with Gasteiger partial charge in [-0.3, -0.25) is 14.3 Å².